The molecule has 0 unspecified atom stereocenters. The number of carbonyl (C=O) groups is 1. The average Bonchev–Trinajstić information content (AvgIpc) is 2.71. The van der Waals surface area contributed by atoms with Gasteiger partial charge >= 0.3 is 0 Å². The molecule has 2 aromatic carbocycles. The molecule has 1 aliphatic heterocycles. The predicted octanol–water partition coefficient (Wildman–Crippen LogP) is 5.41. The summed E-state index contributed by atoms with van der Waals surface area (Å²) in [5, 5.41) is 22.9. The van der Waals surface area contributed by atoms with Crippen molar-refractivity contribution < 1.29 is 19.2 Å². The number of rotatable bonds is 7. The number of Topliss-reactive ketones (excluding diaryl/α,β-unsaturated/α-hetero) is 1. The van der Waals surface area contributed by atoms with Crippen LogP contribution in [-0.2, 0) is 5.60 Å². The van der Waals surface area contributed by atoms with E-state index in [4.69, 9.17) is 23.2 Å². The van der Waals surface area contributed by atoms with Crippen LogP contribution in [0.1, 0.15) is 41.6 Å². The van der Waals surface area contributed by atoms with Crippen LogP contribution in [0.2, 0.25) is 10.0 Å². The monoisotopic (exact) mass is 490 g/mol. The van der Waals surface area contributed by atoms with Crippen molar-refractivity contribution in [1.29, 1.82) is 0 Å². The van der Waals surface area contributed by atoms with E-state index in [1.165, 1.54) is 0 Å². The highest BCUT2D eigenvalue weighted by molar-refractivity contribution is 6.42. The summed E-state index contributed by atoms with van der Waals surface area (Å²) in [6.45, 7) is 1.90. The highest BCUT2D eigenvalue weighted by Gasteiger charge is 2.34. The Morgan fingerprint density at radius 2 is 1.84 bits per heavy atom. The van der Waals surface area contributed by atoms with Crippen LogP contribution in [0.15, 0.2) is 36.4 Å². The first-order chi connectivity index (χ1) is 14.2. The molecule has 0 spiro atoms. The van der Waals surface area contributed by atoms with E-state index >= 15 is 0 Å². The van der Waals surface area contributed by atoms with Crippen LogP contribution >= 0.6 is 35.6 Å². The van der Waals surface area contributed by atoms with E-state index in [9.17, 15) is 24.4 Å². The molecule has 3 rings (SSSR count). The molecule has 0 amide bonds. The molecule has 0 aliphatic carbocycles. The standard InChI is InChI=1S/C21H21Cl2FN2O4.ClH/c22-17-6-3-14(12-18(17)23)21(28)7-10-25(11-8-21)9-1-2-20(27)16-5-4-15(24)13-19(16)26(29)30;/h3-6,12-13,28H,1-2,7-11H2;1H. The number of carbonyl (C=O) groups excluding carboxylic acids is 1. The van der Waals surface area contributed by atoms with E-state index in [1.807, 2.05) is 0 Å². The van der Waals surface area contributed by atoms with Gasteiger partial charge < -0.3 is 10.0 Å². The van der Waals surface area contributed by atoms with Crippen molar-refractivity contribution in [3.8, 4) is 0 Å². The van der Waals surface area contributed by atoms with Crippen LogP contribution in [0.3, 0.4) is 0 Å². The Balaban J connectivity index is 0.00000341. The number of likely N-dealkylation sites (tertiary alicyclic amines) is 1. The molecule has 1 saturated heterocycles. The van der Waals surface area contributed by atoms with Crippen LogP contribution in [0, 0.1) is 15.9 Å². The maximum atomic E-state index is 13.2. The molecule has 1 aliphatic rings. The summed E-state index contributed by atoms with van der Waals surface area (Å²) in [4.78, 5) is 24.8. The maximum Gasteiger partial charge on any atom is 0.283 e. The number of nitro groups is 1. The minimum atomic E-state index is -0.977. The van der Waals surface area contributed by atoms with Crippen molar-refractivity contribution in [3.63, 3.8) is 0 Å². The van der Waals surface area contributed by atoms with E-state index in [2.05, 4.69) is 4.90 Å². The molecular formula is C21H22Cl3FN2O4. The SMILES string of the molecule is Cl.O=C(CCCN1CCC(O)(c2ccc(Cl)c(Cl)c2)CC1)c1ccc(F)cc1[N+](=O)[O-]. The second kappa shape index (κ2) is 10.7. The first-order valence-corrected chi connectivity index (χ1v) is 10.3. The molecule has 0 aromatic heterocycles. The van der Waals surface area contributed by atoms with Gasteiger partial charge in [0.1, 0.15) is 5.82 Å². The Morgan fingerprint density at radius 1 is 1.16 bits per heavy atom. The van der Waals surface area contributed by atoms with Crippen LogP contribution in [0.25, 0.3) is 0 Å². The van der Waals surface area contributed by atoms with Crippen molar-refractivity contribution in [2.24, 2.45) is 0 Å². The molecule has 6 nitrogen and oxygen atoms in total. The minimum absolute atomic E-state index is 0. The zero-order valence-electron chi connectivity index (χ0n) is 16.5. The molecule has 10 heteroatoms. The van der Waals surface area contributed by atoms with Crippen molar-refractivity contribution >= 4 is 47.1 Å². The molecule has 31 heavy (non-hydrogen) atoms. The zero-order valence-corrected chi connectivity index (χ0v) is 18.9. The van der Waals surface area contributed by atoms with Crippen LogP contribution in [0.4, 0.5) is 10.1 Å². The van der Waals surface area contributed by atoms with Gasteiger partial charge in [-0.15, -0.1) is 12.4 Å². The van der Waals surface area contributed by atoms with Gasteiger partial charge in [-0.25, -0.2) is 4.39 Å². The molecule has 168 valence electrons. The molecule has 2 aromatic rings. The quantitative estimate of drug-likeness (QED) is 0.318. The van der Waals surface area contributed by atoms with Gasteiger partial charge in [0, 0.05) is 19.5 Å². The van der Waals surface area contributed by atoms with Gasteiger partial charge in [-0.3, -0.25) is 14.9 Å². The second-order valence-electron chi connectivity index (χ2n) is 7.45. The summed E-state index contributed by atoms with van der Waals surface area (Å²) in [7, 11) is 0. The van der Waals surface area contributed by atoms with Crippen LogP contribution in [0.5, 0.6) is 0 Å². The highest BCUT2D eigenvalue weighted by atomic mass is 35.5. The number of nitrogens with zero attached hydrogens (tertiary/aromatic N) is 2. The fourth-order valence-electron chi connectivity index (χ4n) is 3.71. The Bertz CT molecular complexity index is 966. The highest BCUT2D eigenvalue weighted by Crippen LogP contribution is 2.36. The van der Waals surface area contributed by atoms with Gasteiger partial charge in [-0.1, -0.05) is 29.3 Å². The molecule has 0 bridgehead atoms. The number of aliphatic hydroxyl groups is 1. The summed E-state index contributed by atoms with van der Waals surface area (Å²) < 4.78 is 13.2. The lowest BCUT2D eigenvalue weighted by atomic mass is 9.84. The van der Waals surface area contributed by atoms with Gasteiger partial charge in [0.15, 0.2) is 5.78 Å². The van der Waals surface area contributed by atoms with Crippen molar-refractivity contribution in [1.82, 2.24) is 4.90 Å². The summed E-state index contributed by atoms with van der Waals surface area (Å²) in [6.07, 6.45) is 1.67. The minimum Gasteiger partial charge on any atom is -0.385 e. The smallest absolute Gasteiger partial charge is 0.283 e. The van der Waals surface area contributed by atoms with Gasteiger partial charge in [-0.2, -0.15) is 0 Å². The maximum absolute atomic E-state index is 13.2. The molecule has 0 saturated carbocycles. The summed E-state index contributed by atoms with van der Waals surface area (Å²) in [5.74, 6) is -1.13. The second-order valence-corrected chi connectivity index (χ2v) is 8.26. The summed E-state index contributed by atoms with van der Waals surface area (Å²) in [6, 6.07) is 8.11. The zero-order chi connectivity index (χ0) is 21.9. The topological polar surface area (TPSA) is 83.7 Å². The lowest BCUT2D eigenvalue weighted by Gasteiger charge is -2.38. The van der Waals surface area contributed by atoms with Crippen molar-refractivity contribution in [2.75, 3.05) is 19.6 Å². The van der Waals surface area contributed by atoms with E-state index in [0.29, 0.717) is 48.9 Å². The third-order valence-electron chi connectivity index (χ3n) is 5.48. The molecule has 1 fully saturated rings. The summed E-state index contributed by atoms with van der Waals surface area (Å²) in [5.41, 5.74) is -0.830. The third-order valence-corrected chi connectivity index (χ3v) is 6.21. The lowest BCUT2D eigenvalue weighted by Crippen LogP contribution is -2.42. The fourth-order valence-corrected chi connectivity index (χ4v) is 4.01. The fraction of sp³-hybridized carbons (Fsp3) is 0.381. The Hall–Kier alpha value is -1.77. The van der Waals surface area contributed by atoms with Crippen molar-refractivity contribution in [2.45, 2.75) is 31.3 Å². The average molecular weight is 492 g/mol. The van der Waals surface area contributed by atoms with Gasteiger partial charge in [0.2, 0.25) is 0 Å². The Morgan fingerprint density at radius 3 is 2.45 bits per heavy atom. The number of piperidine rings is 1. The molecule has 0 atom stereocenters. The van der Waals surface area contributed by atoms with Gasteiger partial charge in [0.25, 0.3) is 5.69 Å². The van der Waals surface area contributed by atoms with E-state index in [-0.39, 0.29) is 30.2 Å². The molecule has 0 radical (unpaired) electrons. The first kappa shape index (κ1) is 25.5. The number of halogens is 4. The first-order valence-electron chi connectivity index (χ1n) is 9.57. The normalized spacial score (nSPS) is 15.9. The van der Waals surface area contributed by atoms with Gasteiger partial charge in [0.05, 0.1) is 32.2 Å². The summed E-state index contributed by atoms with van der Waals surface area (Å²) >= 11 is 12.0. The van der Waals surface area contributed by atoms with E-state index in [1.54, 1.807) is 18.2 Å². The largest absolute Gasteiger partial charge is 0.385 e. The lowest BCUT2D eigenvalue weighted by molar-refractivity contribution is -0.385. The molecular weight excluding hydrogens is 470 g/mol. The number of hydrogen-bond donors (Lipinski definition) is 1. The van der Waals surface area contributed by atoms with Gasteiger partial charge in [-0.05, 0) is 55.6 Å². The molecule has 1 N–H and O–H groups in total. The number of ketones is 1. The van der Waals surface area contributed by atoms with Crippen LogP contribution < -0.4 is 0 Å². The predicted molar refractivity (Wildman–Crippen MR) is 120 cm³/mol. The number of benzene rings is 2. The van der Waals surface area contributed by atoms with Crippen LogP contribution in [-0.4, -0.2) is 40.3 Å². The number of nitro benzene ring substituents is 1. The molecule has 1 heterocycles. The third kappa shape index (κ3) is 6.14. The van der Waals surface area contributed by atoms with E-state index in [0.717, 1.165) is 23.8 Å². The van der Waals surface area contributed by atoms with E-state index < -0.39 is 22.0 Å². The number of hydrogen-bond acceptors (Lipinski definition) is 5. The van der Waals surface area contributed by atoms with Crippen molar-refractivity contribution in [3.05, 3.63) is 73.5 Å². The Labute approximate surface area is 195 Å². The Kier molecular flexibility index (Phi) is 8.80.